The van der Waals surface area contributed by atoms with Crippen LogP contribution in [0.5, 0.6) is 5.75 Å². The highest BCUT2D eigenvalue weighted by Gasteiger charge is 2.52. The Morgan fingerprint density at radius 3 is 2.62 bits per heavy atom. The largest absolute Gasteiger partial charge is 0.543 e. The van der Waals surface area contributed by atoms with E-state index in [9.17, 15) is 4.79 Å². The summed E-state index contributed by atoms with van der Waals surface area (Å²) in [7, 11) is -1.82. The van der Waals surface area contributed by atoms with Gasteiger partial charge in [0.05, 0.1) is 6.61 Å². The zero-order valence-corrected chi connectivity index (χ0v) is 22.2. The molecule has 2 saturated carbocycles. The molecule has 4 heteroatoms. The molecule has 32 heavy (non-hydrogen) atoms. The zero-order chi connectivity index (χ0) is 23.3. The van der Waals surface area contributed by atoms with Crippen LogP contribution in [-0.2, 0) is 16.0 Å². The number of rotatable bonds is 4. The van der Waals surface area contributed by atoms with Crippen molar-refractivity contribution in [1.29, 1.82) is 0 Å². The van der Waals surface area contributed by atoms with E-state index in [4.69, 9.17) is 9.16 Å². The van der Waals surface area contributed by atoms with E-state index in [2.05, 4.69) is 59.0 Å². The highest BCUT2D eigenvalue weighted by atomic mass is 28.4. The number of carbonyl (C=O) groups is 1. The number of esters is 1. The summed E-state index contributed by atoms with van der Waals surface area (Å²) < 4.78 is 11.8. The summed E-state index contributed by atoms with van der Waals surface area (Å²) in [5.41, 5.74) is 4.57. The second kappa shape index (κ2) is 8.34. The molecule has 1 aromatic rings. The molecule has 0 heterocycles. The first kappa shape index (κ1) is 23.6. The molecule has 0 bridgehead atoms. The molecule has 2 fully saturated rings. The Morgan fingerprint density at radius 2 is 1.94 bits per heavy atom. The summed E-state index contributed by atoms with van der Waals surface area (Å²) in [5, 5.41) is 0.207. The van der Waals surface area contributed by atoms with Crippen molar-refractivity contribution in [3.8, 4) is 5.75 Å². The quantitative estimate of drug-likeness (QED) is 0.270. The number of aryl methyl sites for hydroxylation is 1. The maximum absolute atomic E-state index is 12.1. The lowest BCUT2D eigenvalue weighted by atomic mass is 9.55. The third kappa shape index (κ3) is 4.08. The fourth-order valence-corrected chi connectivity index (χ4v) is 7.50. The lowest BCUT2D eigenvalue weighted by Gasteiger charge is -2.49. The summed E-state index contributed by atoms with van der Waals surface area (Å²) >= 11 is 0. The van der Waals surface area contributed by atoms with Gasteiger partial charge in [-0.1, -0.05) is 39.3 Å². The Kier molecular flexibility index (Phi) is 6.15. The van der Waals surface area contributed by atoms with Crippen molar-refractivity contribution in [3.05, 3.63) is 41.0 Å². The van der Waals surface area contributed by atoms with Gasteiger partial charge in [0.25, 0.3) is 0 Å². The van der Waals surface area contributed by atoms with E-state index >= 15 is 0 Å². The summed E-state index contributed by atoms with van der Waals surface area (Å²) in [4.78, 5) is 12.1. The van der Waals surface area contributed by atoms with Crippen LogP contribution in [0.4, 0.5) is 0 Å². The second-order valence-corrected chi connectivity index (χ2v) is 16.8. The number of hydrogen-bond donors (Lipinski definition) is 0. The maximum atomic E-state index is 12.1. The molecule has 4 unspecified atom stereocenters. The van der Waals surface area contributed by atoms with E-state index in [1.807, 2.05) is 13.0 Å². The topological polar surface area (TPSA) is 35.5 Å². The lowest BCUT2D eigenvalue weighted by molar-refractivity contribution is -0.137. The van der Waals surface area contributed by atoms with E-state index in [-0.39, 0.29) is 16.4 Å². The van der Waals surface area contributed by atoms with Gasteiger partial charge in [0.15, 0.2) is 0 Å². The summed E-state index contributed by atoms with van der Waals surface area (Å²) in [6, 6.07) is 6.96. The molecular formula is C28H42O3Si. The van der Waals surface area contributed by atoms with Gasteiger partial charge in [-0.05, 0) is 110 Å². The highest BCUT2D eigenvalue weighted by Crippen LogP contribution is 2.62. The average molecular weight is 455 g/mol. The van der Waals surface area contributed by atoms with Crippen LogP contribution in [0.1, 0.15) is 83.8 Å². The van der Waals surface area contributed by atoms with Crippen LogP contribution in [0.25, 0.3) is 0 Å². The Bertz CT molecular complexity index is 910. The van der Waals surface area contributed by atoms with Crippen LogP contribution >= 0.6 is 0 Å². The highest BCUT2D eigenvalue weighted by molar-refractivity contribution is 6.74. The number of fused-ring (bicyclic) bond motifs is 5. The summed E-state index contributed by atoms with van der Waals surface area (Å²) in [6.45, 7) is 16.3. The van der Waals surface area contributed by atoms with Gasteiger partial charge in [-0.15, -0.1) is 0 Å². The second-order valence-electron chi connectivity index (χ2n) is 12.1. The van der Waals surface area contributed by atoms with Crippen LogP contribution in [0, 0.1) is 17.3 Å². The summed E-state index contributed by atoms with van der Waals surface area (Å²) in [6.07, 6.45) is 8.88. The van der Waals surface area contributed by atoms with E-state index in [1.54, 1.807) is 5.56 Å². The molecule has 4 rings (SSSR count). The monoisotopic (exact) mass is 454 g/mol. The summed E-state index contributed by atoms with van der Waals surface area (Å²) in [5.74, 6) is 2.96. The third-order valence-corrected chi connectivity index (χ3v) is 13.7. The molecule has 0 spiro atoms. The van der Waals surface area contributed by atoms with Gasteiger partial charge in [-0.3, -0.25) is 0 Å². The van der Waals surface area contributed by atoms with E-state index in [0.717, 1.165) is 24.5 Å². The Morgan fingerprint density at radius 1 is 1.19 bits per heavy atom. The fourth-order valence-electron chi connectivity index (χ4n) is 6.48. The number of benzene rings is 1. The fraction of sp³-hybridized carbons (Fsp3) is 0.679. The maximum Gasteiger partial charge on any atom is 0.330 e. The molecule has 3 nitrogen and oxygen atoms in total. The van der Waals surface area contributed by atoms with Gasteiger partial charge in [-0.2, -0.15) is 0 Å². The minimum Gasteiger partial charge on any atom is -0.543 e. The van der Waals surface area contributed by atoms with E-state index < -0.39 is 8.32 Å². The normalized spacial score (nSPS) is 31.0. The van der Waals surface area contributed by atoms with Crippen molar-refractivity contribution < 1.29 is 14.0 Å². The van der Waals surface area contributed by atoms with Crippen LogP contribution in [-0.4, -0.2) is 20.9 Å². The molecule has 1 aromatic carbocycles. The molecule has 4 atom stereocenters. The van der Waals surface area contributed by atoms with Crippen molar-refractivity contribution in [3.63, 3.8) is 0 Å². The first-order valence-electron chi connectivity index (χ1n) is 12.7. The van der Waals surface area contributed by atoms with Gasteiger partial charge in [-0.25, -0.2) is 4.79 Å². The van der Waals surface area contributed by atoms with Gasteiger partial charge in [0, 0.05) is 6.08 Å². The van der Waals surface area contributed by atoms with Crippen LogP contribution in [0.3, 0.4) is 0 Å². The predicted octanol–water partition coefficient (Wildman–Crippen LogP) is 7.42. The molecule has 0 amide bonds. The van der Waals surface area contributed by atoms with Crippen molar-refractivity contribution >= 4 is 14.3 Å². The SMILES string of the molecule is CCOC(=O)C=C1CCC2C3CCc4cc(O[Si](C)(C)C(C)(C)C)ccc4C3CCC12C. The number of hydrogen-bond acceptors (Lipinski definition) is 3. The number of ether oxygens (including phenoxy) is 1. The first-order chi connectivity index (χ1) is 15.0. The van der Waals surface area contributed by atoms with Gasteiger partial charge < -0.3 is 9.16 Å². The molecule has 0 radical (unpaired) electrons. The molecule has 0 aromatic heterocycles. The molecule has 3 aliphatic rings. The molecule has 176 valence electrons. The molecular weight excluding hydrogens is 412 g/mol. The third-order valence-electron chi connectivity index (χ3n) is 9.30. The standard InChI is InChI=1S/C28H42O3Si/c1-8-30-26(29)18-20-10-14-25-24-12-9-19-17-21(31-32(6,7)27(2,3)4)11-13-22(19)23(24)15-16-28(20,25)5/h11,13,17-18,23-25H,8-10,12,14-16H2,1-7H3. The Labute approximate surface area is 196 Å². The van der Waals surface area contributed by atoms with Gasteiger partial charge in [0.2, 0.25) is 8.32 Å². The van der Waals surface area contributed by atoms with Crippen molar-refractivity contribution in [1.82, 2.24) is 0 Å². The number of allylic oxidation sites excluding steroid dienone is 1. The minimum absolute atomic E-state index is 0.158. The van der Waals surface area contributed by atoms with Crippen LogP contribution in [0.2, 0.25) is 18.1 Å². The van der Waals surface area contributed by atoms with E-state index in [1.165, 1.54) is 36.8 Å². The van der Waals surface area contributed by atoms with Crippen molar-refractivity contribution in [2.45, 2.75) is 97.2 Å². The van der Waals surface area contributed by atoms with Crippen LogP contribution in [0.15, 0.2) is 29.8 Å². The van der Waals surface area contributed by atoms with E-state index in [0.29, 0.717) is 18.4 Å². The first-order valence-corrected chi connectivity index (χ1v) is 15.6. The zero-order valence-electron chi connectivity index (χ0n) is 21.2. The molecule has 0 N–H and O–H groups in total. The predicted molar refractivity (Wildman–Crippen MR) is 134 cm³/mol. The minimum atomic E-state index is -1.82. The van der Waals surface area contributed by atoms with Crippen LogP contribution < -0.4 is 4.43 Å². The molecule has 0 aliphatic heterocycles. The average Bonchev–Trinajstić information content (AvgIpc) is 3.03. The van der Waals surface area contributed by atoms with Gasteiger partial charge in [0.1, 0.15) is 5.75 Å². The van der Waals surface area contributed by atoms with Crippen molar-refractivity contribution in [2.75, 3.05) is 6.61 Å². The Hall–Kier alpha value is -1.55. The smallest absolute Gasteiger partial charge is 0.330 e. The molecule has 3 aliphatic carbocycles. The molecule has 0 saturated heterocycles. The lowest BCUT2D eigenvalue weighted by Crippen LogP contribution is -2.44. The number of carbonyl (C=O) groups excluding carboxylic acids is 1. The van der Waals surface area contributed by atoms with Gasteiger partial charge >= 0.3 is 5.97 Å². The van der Waals surface area contributed by atoms with Crippen molar-refractivity contribution in [2.24, 2.45) is 17.3 Å². The Balaban J connectivity index is 1.55.